The maximum Gasteiger partial charge on any atom is 0.247 e. The summed E-state index contributed by atoms with van der Waals surface area (Å²) < 4.78 is 5.80. The minimum atomic E-state index is -0.827. The van der Waals surface area contributed by atoms with Crippen molar-refractivity contribution in [2.75, 3.05) is 6.61 Å². The molecular formula is C11H15O2Si. The third-order valence-corrected chi connectivity index (χ3v) is 5.01. The van der Waals surface area contributed by atoms with Gasteiger partial charge in [0.15, 0.2) is 0 Å². The quantitative estimate of drug-likeness (QED) is 0.738. The topological polar surface area (TPSA) is 29.5 Å². The second-order valence-corrected chi connectivity index (χ2v) is 5.72. The summed E-state index contributed by atoms with van der Waals surface area (Å²) >= 11 is 0. The van der Waals surface area contributed by atoms with E-state index in [0.717, 1.165) is 12.2 Å². The predicted octanol–water partition coefficient (Wildman–Crippen LogP) is 1.19. The molecule has 0 aliphatic carbocycles. The molecule has 0 atom stereocenters. The highest BCUT2D eigenvalue weighted by atomic mass is 28.3. The van der Waals surface area contributed by atoms with Crippen LogP contribution in [-0.4, -0.2) is 20.8 Å². The minimum Gasteiger partial charge on any atom is -0.412 e. The molecule has 1 aromatic rings. The number of rotatable bonds is 2. The van der Waals surface area contributed by atoms with Gasteiger partial charge in [-0.25, -0.2) is 0 Å². The third-order valence-electron chi connectivity index (χ3n) is 2.56. The number of hydrogen-bond acceptors (Lipinski definition) is 2. The van der Waals surface area contributed by atoms with E-state index in [2.05, 4.69) is 6.07 Å². The predicted molar refractivity (Wildman–Crippen MR) is 57.7 cm³/mol. The first-order valence-corrected chi connectivity index (χ1v) is 6.71. The summed E-state index contributed by atoms with van der Waals surface area (Å²) in [6, 6.07) is 9.28. The molecule has 75 valence electrons. The van der Waals surface area contributed by atoms with Crippen LogP contribution >= 0.6 is 0 Å². The Bertz CT molecular complexity index is 295. The van der Waals surface area contributed by atoms with Crippen LogP contribution in [0.4, 0.5) is 0 Å². The van der Waals surface area contributed by atoms with Gasteiger partial charge in [0.25, 0.3) is 0 Å². The van der Waals surface area contributed by atoms with E-state index in [1.54, 1.807) is 0 Å². The van der Waals surface area contributed by atoms with Crippen LogP contribution < -0.4 is 5.19 Å². The monoisotopic (exact) mass is 207 g/mol. The maximum atomic E-state index is 9.21. The number of benzene rings is 1. The molecule has 0 saturated carbocycles. The minimum absolute atomic E-state index is 0.133. The van der Waals surface area contributed by atoms with Gasteiger partial charge in [-0.2, -0.15) is 0 Å². The van der Waals surface area contributed by atoms with E-state index in [4.69, 9.17) is 4.43 Å². The lowest BCUT2D eigenvalue weighted by Crippen LogP contribution is -2.38. The van der Waals surface area contributed by atoms with Crippen LogP contribution in [0.1, 0.15) is 18.4 Å². The molecule has 1 N–H and O–H groups in total. The molecule has 1 aromatic carbocycles. The highest BCUT2D eigenvalue weighted by molar-refractivity contribution is 6.68. The van der Waals surface area contributed by atoms with Gasteiger partial charge in [0.2, 0.25) is 9.04 Å². The Labute approximate surface area is 86.3 Å². The van der Waals surface area contributed by atoms with Crippen molar-refractivity contribution in [2.24, 2.45) is 0 Å². The Balaban J connectivity index is 2.20. The van der Waals surface area contributed by atoms with Crippen molar-refractivity contribution < 1.29 is 9.53 Å². The normalized spacial score (nSPS) is 18.4. The summed E-state index contributed by atoms with van der Waals surface area (Å²) in [5.41, 5.74) is 1.04. The van der Waals surface area contributed by atoms with E-state index in [1.165, 1.54) is 24.1 Å². The molecule has 1 aliphatic heterocycles. The van der Waals surface area contributed by atoms with Gasteiger partial charge < -0.3 is 9.53 Å². The molecule has 0 unspecified atom stereocenters. The molecule has 0 bridgehead atoms. The highest BCUT2D eigenvalue weighted by Crippen LogP contribution is 2.12. The number of aliphatic hydroxyl groups excluding tert-OH is 1. The van der Waals surface area contributed by atoms with Gasteiger partial charge in [0.1, 0.15) is 0 Å². The van der Waals surface area contributed by atoms with Crippen molar-refractivity contribution in [3.63, 3.8) is 0 Å². The van der Waals surface area contributed by atoms with Gasteiger partial charge in [0, 0.05) is 6.61 Å². The number of aliphatic hydroxyl groups is 1. The molecule has 1 heterocycles. The molecule has 1 aliphatic rings. The van der Waals surface area contributed by atoms with Crippen LogP contribution in [0.25, 0.3) is 0 Å². The standard InChI is InChI=1S/C11H15O2Si/c12-9-10-5-1-2-6-11(10)14-8-4-3-7-13-14/h1-2,5-6,12H,3-4,7-9H2. The first kappa shape index (κ1) is 9.89. The van der Waals surface area contributed by atoms with Crippen LogP contribution in [-0.2, 0) is 11.0 Å². The maximum absolute atomic E-state index is 9.21. The number of hydrogen-bond donors (Lipinski definition) is 1. The summed E-state index contributed by atoms with van der Waals surface area (Å²) in [4.78, 5) is 0. The van der Waals surface area contributed by atoms with Gasteiger partial charge in [-0.1, -0.05) is 30.7 Å². The van der Waals surface area contributed by atoms with Gasteiger partial charge in [0.05, 0.1) is 6.61 Å². The smallest absolute Gasteiger partial charge is 0.247 e. The molecule has 1 radical (unpaired) electrons. The Morgan fingerprint density at radius 3 is 2.86 bits per heavy atom. The van der Waals surface area contributed by atoms with Gasteiger partial charge >= 0.3 is 0 Å². The van der Waals surface area contributed by atoms with Crippen molar-refractivity contribution in [1.82, 2.24) is 0 Å². The molecule has 1 saturated heterocycles. The largest absolute Gasteiger partial charge is 0.412 e. The van der Waals surface area contributed by atoms with Crippen LogP contribution in [0.2, 0.25) is 6.04 Å². The highest BCUT2D eigenvalue weighted by Gasteiger charge is 2.21. The average molecular weight is 207 g/mol. The van der Waals surface area contributed by atoms with E-state index in [9.17, 15) is 5.11 Å². The second kappa shape index (κ2) is 4.73. The fourth-order valence-electron chi connectivity index (χ4n) is 1.80. The van der Waals surface area contributed by atoms with Gasteiger partial charge in [-0.3, -0.25) is 0 Å². The lowest BCUT2D eigenvalue weighted by molar-refractivity contribution is 0.279. The molecule has 3 heteroatoms. The first-order valence-electron chi connectivity index (χ1n) is 5.09. The van der Waals surface area contributed by atoms with Crippen molar-refractivity contribution in [3.8, 4) is 0 Å². The summed E-state index contributed by atoms with van der Waals surface area (Å²) in [7, 11) is -0.827. The molecule has 14 heavy (non-hydrogen) atoms. The molecule has 0 spiro atoms. The summed E-state index contributed by atoms with van der Waals surface area (Å²) in [6.07, 6.45) is 2.46. The Kier molecular flexibility index (Phi) is 3.34. The summed E-state index contributed by atoms with van der Waals surface area (Å²) in [5, 5.41) is 10.5. The molecule has 1 fully saturated rings. The molecule has 0 amide bonds. The molecule has 2 rings (SSSR count). The third kappa shape index (κ3) is 2.05. The Morgan fingerprint density at radius 2 is 2.14 bits per heavy atom. The Hall–Kier alpha value is -0.643. The van der Waals surface area contributed by atoms with Gasteiger partial charge in [-0.05, 0) is 23.2 Å². The second-order valence-electron chi connectivity index (χ2n) is 3.54. The zero-order chi connectivity index (χ0) is 9.80. The fourth-order valence-corrected chi connectivity index (χ4v) is 4.13. The lowest BCUT2D eigenvalue weighted by Gasteiger charge is -2.22. The summed E-state index contributed by atoms with van der Waals surface area (Å²) in [5.74, 6) is 0. The van der Waals surface area contributed by atoms with Crippen molar-refractivity contribution >= 4 is 14.2 Å². The zero-order valence-corrected chi connectivity index (χ0v) is 9.20. The first-order chi connectivity index (χ1) is 6.92. The van der Waals surface area contributed by atoms with E-state index in [0.29, 0.717) is 0 Å². The van der Waals surface area contributed by atoms with E-state index in [-0.39, 0.29) is 6.61 Å². The van der Waals surface area contributed by atoms with Crippen LogP contribution in [0, 0.1) is 0 Å². The lowest BCUT2D eigenvalue weighted by atomic mass is 10.2. The summed E-state index contributed by atoms with van der Waals surface area (Å²) in [6.45, 7) is 1.03. The SMILES string of the molecule is OCc1ccccc1[Si]1CCCCO1. The van der Waals surface area contributed by atoms with Crippen molar-refractivity contribution in [3.05, 3.63) is 29.8 Å². The molecule has 0 aromatic heterocycles. The van der Waals surface area contributed by atoms with Crippen molar-refractivity contribution in [1.29, 1.82) is 0 Å². The fraction of sp³-hybridized carbons (Fsp3) is 0.455. The molecule has 2 nitrogen and oxygen atoms in total. The Morgan fingerprint density at radius 1 is 1.29 bits per heavy atom. The zero-order valence-electron chi connectivity index (χ0n) is 8.20. The van der Waals surface area contributed by atoms with Gasteiger partial charge in [-0.15, -0.1) is 0 Å². The van der Waals surface area contributed by atoms with Crippen LogP contribution in [0.5, 0.6) is 0 Å². The van der Waals surface area contributed by atoms with E-state index in [1.807, 2.05) is 18.2 Å². The van der Waals surface area contributed by atoms with E-state index >= 15 is 0 Å². The average Bonchev–Trinajstić information content (AvgIpc) is 2.30. The van der Waals surface area contributed by atoms with Crippen molar-refractivity contribution in [2.45, 2.75) is 25.5 Å². The molecular weight excluding hydrogens is 192 g/mol. The van der Waals surface area contributed by atoms with Crippen LogP contribution in [0.15, 0.2) is 24.3 Å². The van der Waals surface area contributed by atoms with E-state index < -0.39 is 9.04 Å². The van der Waals surface area contributed by atoms with Crippen LogP contribution in [0.3, 0.4) is 0 Å².